The second kappa shape index (κ2) is 9.21. The van der Waals surface area contributed by atoms with Crippen LogP contribution in [-0.2, 0) is 6.42 Å². The number of halogens is 1. The highest BCUT2D eigenvalue weighted by atomic mass is 127. The van der Waals surface area contributed by atoms with E-state index in [4.69, 9.17) is 0 Å². The van der Waals surface area contributed by atoms with Crippen molar-refractivity contribution in [1.82, 2.24) is 10.6 Å². The van der Waals surface area contributed by atoms with Gasteiger partial charge in [0.1, 0.15) is 0 Å². The van der Waals surface area contributed by atoms with E-state index >= 15 is 0 Å². The van der Waals surface area contributed by atoms with Crippen molar-refractivity contribution in [2.24, 2.45) is 4.99 Å². The first-order valence-corrected chi connectivity index (χ1v) is 6.98. The van der Waals surface area contributed by atoms with Gasteiger partial charge in [-0.05, 0) is 57.7 Å². The number of hydrogen-bond acceptors (Lipinski definition) is 1. The van der Waals surface area contributed by atoms with Crippen molar-refractivity contribution in [3.8, 4) is 0 Å². The first kappa shape index (κ1) is 19.2. The summed E-state index contributed by atoms with van der Waals surface area (Å²) in [6.45, 7) is 11.7. The molecule has 0 atom stereocenters. The third-order valence-electron chi connectivity index (χ3n) is 3.16. The van der Waals surface area contributed by atoms with Crippen LogP contribution in [0, 0.1) is 20.8 Å². The summed E-state index contributed by atoms with van der Waals surface area (Å²) in [4.78, 5) is 4.21. The number of nitrogens with one attached hydrogen (secondary N) is 2. The number of hydrogen-bond donors (Lipinski definition) is 2. The summed E-state index contributed by atoms with van der Waals surface area (Å²) < 4.78 is 0. The number of guanidine groups is 1. The minimum absolute atomic E-state index is 0. The van der Waals surface area contributed by atoms with Gasteiger partial charge in [-0.25, -0.2) is 0 Å². The molecule has 4 heteroatoms. The minimum atomic E-state index is 0. The topological polar surface area (TPSA) is 36.4 Å². The molecule has 0 amide bonds. The maximum Gasteiger partial charge on any atom is 0.191 e. The van der Waals surface area contributed by atoms with Crippen molar-refractivity contribution >= 4 is 29.9 Å². The van der Waals surface area contributed by atoms with Crippen LogP contribution in [0.5, 0.6) is 0 Å². The van der Waals surface area contributed by atoms with Crippen molar-refractivity contribution in [3.05, 3.63) is 34.4 Å². The Morgan fingerprint density at radius 1 is 1.15 bits per heavy atom. The monoisotopic (exact) mass is 389 g/mol. The van der Waals surface area contributed by atoms with E-state index in [1.54, 1.807) is 7.05 Å². The molecule has 0 saturated carbocycles. The molecule has 0 aliphatic carbocycles. The molecule has 0 radical (unpaired) electrons. The van der Waals surface area contributed by atoms with E-state index in [2.05, 4.69) is 62.4 Å². The second-order valence-corrected chi connectivity index (χ2v) is 5.43. The highest BCUT2D eigenvalue weighted by Crippen LogP contribution is 2.16. The SMILES string of the molecule is CN=C(NCCc1c(C)cc(C)cc1C)NC(C)C.I. The highest BCUT2D eigenvalue weighted by Gasteiger charge is 2.05. The molecular formula is C16H28IN3. The molecular weight excluding hydrogens is 361 g/mol. The zero-order chi connectivity index (χ0) is 14.4. The van der Waals surface area contributed by atoms with Crippen LogP contribution in [-0.4, -0.2) is 25.6 Å². The smallest absolute Gasteiger partial charge is 0.191 e. The molecule has 0 heterocycles. The summed E-state index contributed by atoms with van der Waals surface area (Å²) in [5, 5.41) is 6.65. The number of aliphatic imine (C=N–C) groups is 1. The Morgan fingerprint density at radius 3 is 2.15 bits per heavy atom. The number of aryl methyl sites for hydroxylation is 3. The fourth-order valence-corrected chi connectivity index (χ4v) is 2.38. The van der Waals surface area contributed by atoms with Gasteiger partial charge in [-0.3, -0.25) is 4.99 Å². The molecule has 0 aliphatic heterocycles. The van der Waals surface area contributed by atoms with Gasteiger partial charge in [0.15, 0.2) is 5.96 Å². The van der Waals surface area contributed by atoms with Crippen molar-refractivity contribution in [2.75, 3.05) is 13.6 Å². The molecule has 0 saturated heterocycles. The maximum atomic E-state index is 4.21. The van der Waals surface area contributed by atoms with Crippen LogP contribution in [0.2, 0.25) is 0 Å². The third-order valence-corrected chi connectivity index (χ3v) is 3.16. The molecule has 0 aromatic heterocycles. The van der Waals surface area contributed by atoms with Gasteiger partial charge in [0.2, 0.25) is 0 Å². The van der Waals surface area contributed by atoms with Crippen molar-refractivity contribution in [3.63, 3.8) is 0 Å². The fraction of sp³-hybridized carbons (Fsp3) is 0.562. The van der Waals surface area contributed by atoms with E-state index in [0.717, 1.165) is 18.9 Å². The van der Waals surface area contributed by atoms with Crippen molar-refractivity contribution < 1.29 is 0 Å². The molecule has 1 rings (SSSR count). The van der Waals surface area contributed by atoms with Gasteiger partial charge in [-0.15, -0.1) is 24.0 Å². The maximum absolute atomic E-state index is 4.21. The molecule has 114 valence electrons. The third kappa shape index (κ3) is 6.11. The quantitative estimate of drug-likeness (QED) is 0.471. The zero-order valence-electron chi connectivity index (χ0n) is 13.5. The molecule has 0 unspecified atom stereocenters. The van der Waals surface area contributed by atoms with Crippen LogP contribution in [0.3, 0.4) is 0 Å². The lowest BCUT2D eigenvalue weighted by atomic mass is 9.97. The van der Waals surface area contributed by atoms with Crippen LogP contribution in [0.15, 0.2) is 17.1 Å². The van der Waals surface area contributed by atoms with E-state index < -0.39 is 0 Å². The van der Waals surface area contributed by atoms with Gasteiger partial charge >= 0.3 is 0 Å². The number of rotatable bonds is 4. The second-order valence-electron chi connectivity index (χ2n) is 5.43. The molecule has 3 nitrogen and oxygen atoms in total. The lowest BCUT2D eigenvalue weighted by Gasteiger charge is -2.16. The summed E-state index contributed by atoms with van der Waals surface area (Å²) in [7, 11) is 1.81. The van der Waals surface area contributed by atoms with E-state index in [0.29, 0.717) is 6.04 Å². The predicted molar refractivity (Wildman–Crippen MR) is 99.4 cm³/mol. The van der Waals surface area contributed by atoms with Crippen LogP contribution in [0.25, 0.3) is 0 Å². The lowest BCUT2D eigenvalue weighted by molar-refractivity contribution is 0.697. The summed E-state index contributed by atoms with van der Waals surface area (Å²) in [5.41, 5.74) is 5.54. The Balaban J connectivity index is 0.00000361. The van der Waals surface area contributed by atoms with Crippen LogP contribution in [0.1, 0.15) is 36.1 Å². The molecule has 1 aromatic rings. The largest absolute Gasteiger partial charge is 0.356 e. The molecule has 0 bridgehead atoms. The molecule has 20 heavy (non-hydrogen) atoms. The minimum Gasteiger partial charge on any atom is -0.356 e. The Labute approximate surface area is 140 Å². The van der Waals surface area contributed by atoms with Gasteiger partial charge in [0.05, 0.1) is 0 Å². The predicted octanol–water partition coefficient (Wildman–Crippen LogP) is 3.35. The molecule has 0 spiro atoms. The summed E-state index contributed by atoms with van der Waals surface area (Å²) >= 11 is 0. The van der Waals surface area contributed by atoms with Crippen molar-refractivity contribution in [1.29, 1.82) is 0 Å². The lowest BCUT2D eigenvalue weighted by Crippen LogP contribution is -2.41. The number of benzene rings is 1. The highest BCUT2D eigenvalue weighted by molar-refractivity contribution is 14.0. The first-order valence-electron chi connectivity index (χ1n) is 6.98. The summed E-state index contributed by atoms with van der Waals surface area (Å²) in [6, 6.07) is 4.90. The Bertz CT molecular complexity index is 430. The summed E-state index contributed by atoms with van der Waals surface area (Å²) in [5.74, 6) is 0.873. The Hall–Kier alpha value is -0.780. The average Bonchev–Trinajstić information content (AvgIpc) is 2.30. The van der Waals surface area contributed by atoms with Gasteiger partial charge in [-0.1, -0.05) is 17.7 Å². The first-order chi connectivity index (χ1) is 8.93. The molecule has 1 aromatic carbocycles. The van der Waals surface area contributed by atoms with E-state index in [9.17, 15) is 0 Å². The van der Waals surface area contributed by atoms with Gasteiger partial charge < -0.3 is 10.6 Å². The Kier molecular flexibility index (Phi) is 8.85. The van der Waals surface area contributed by atoms with Gasteiger partial charge in [0, 0.05) is 19.6 Å². The fourth-order valence-electron chi connectivity index (χ4n) is 2.38. The van der Waals surface area contributed by atoms with Crippen LogP contribution in [0.4, 0.5) is 0 Å². The van der Waals surface area contributed by atoms with E-state index in [1.165, 1.54) is 22.3 Å². The van der Waals surface area contributed by atoms with Crippen molar-refractivity contribution in [2.45, 2.75) is 47.1 Å². The van der Waals surface area contributed by atoms with Gasteiger partial charge in [0.25, 0.3) is 0 Å². The van der Waals surface area contributed by atoms with Crippen LogP contribution < -0.4 is 10.6 Å². The van der Waals surface area contributed by atoms with E-state index in [1.807, 2.05) is 0 Å². The molecule has 0 fully saturated rings. The zero-order valence-corrected chi connectivity index (χ0v) is 15.8. The molecule has 2 N–H and O–H groups in total. The van der Waals surface area contributed by atoms with Gasteiger partial charge in [-0.2, -0.15) is 0 Å². The van der Waals surface area contributed by atoms with E-state index in [-0.39, 0.29) is 24.0 Å². The standard InChI is InChI=1S/C16H27N3.HI/c1-11(2)19-16(17-6)18-8-7-15-13(4)9-12(3)10-14(15)5;/h9-11H,7-8H2,1-6H3,(H2,17,18,19);1H. The normalized spacial score (nSPS) is 11.2. The molecule has 0 aliphatic rings. The Morgan fingerprint density at radius 2 is 1.70 bits per heavy atom. The number of nitrogens with zero attached hydrogens (tertiary/aromatic N) is 1. The van der Waals surface area contributed by atoms with Crippen LogP contribution >= 0.6 is 24.0 Å². The average molecular weight is 389 g/mol. The summed E-state index contributed by atoms with van der Waals surface area (Å²) in [6.07, 6.45) is 1.02.